The van der Waals surface area contributed by atoms with Gasteiger partial charge < -0.3 is 10.1 Å². The van der Waals surface area contributed by atoms with Gasteiger partial charge in [-0.15, -0.1) is 0 Å². The molecule has 2 rings (SSSR count). The fraction of sp³-hybridized carbons (Fsp3) is 0.0714. The summed E-state index contributed by atoms with van der Waals surface area (Å²) in [4.78, 5) is 12.1. The van der Waals surface area contributed by atoms with Crippen molar-refractivity contribution in [1.82, 2.24) is 0 Å². The second-order valence-corrected chi connectivity index (χ2v) is 5.67. The number of ether oxygens (including phenoxy) is 1. The summed E-state index contributed by atoms with van der Waals surface area (Å²) in [5, 5.41) is 2.83. The van der Waals surface area contributed by atoms with Gasteiger partial charge in [-0.05, 0) is 36.4 Å². The molecule has 19 heavy (non-hydrogen) atoms. The van der Waals surface area contributed by atoms with Gasteiger partial charge in [0.1, 0.15) is 5.75 Å². The maximum absolute atomic E-state index is 12.1. The molecule has 0 fully saturated rings. The molecule has 0 unspecified atom stereocenters. The van der Waals surface area contributed by atoms with Gasteiger partial charge in [-0.25, -0.2) is 0 Å². The van der Waals surface area contributed by atoms with Crippen LogP contribution >= 0.6 is 31.9 Å². The first-order valence-corrected chi connectivity index (χ1v) is 7.08. The Balaban J connectivity index is 2.18. The van der Waals surface area contributed by atoms with Crippen molar-refractivity contribution in [3.8, 4) is 5.75 Å². The number of benzene rings is 2. The lowest BCUT2D eigenvalue weighted by atomic mass is 10.2. The van der Waals surface area contributed by atoms with Crippen molar-refractivity contribution < 1.29 is 9.53 Å². The van der Waals surface area contributed by atoms with Gasteiger partial charge in [0.15, 0.2) is 0 Å². The zero-order valence-electron chi connectivity index (χ0n) is 10.1. The lowest BCUT2D eigenvalue weighted by Crippen LogP contribution is -2.11. The summed E-state index contributed by atoms with van der Waals surface area (Å²) in [7, 11) is 1.59. The Labute approximate surface area is 128 Å². The van der Waals surface area contributed by atoms with E-state index in [1.807, 2.05) is 24.3 Å². The number of amides is 1. The van der Waals surface area contributed by atoms with Crippen LogP contribution in [0, 0.1) is 0 Å². The van der Waals surface area contributed by atoms with Gasteiger partial charge in [0.2, 0.25) is 0 Å². The van der Waals surface area contributed by atoms with Gasteiger partial charge in [0, 0.05) is 26.3 Å². The topological polar surface area (TPSA) is 38.3 Å². The third-order valence-corrected chi connectivity index (χ3v) is 3.46. The molecule has 0 atom stereocenters. The van der Waals surface area contributed by atoms with Crippen LogP contribution in [0.4, 0.5) is 5.69 Å². The Kier molecular flexibility index (Phi) is 4.61. The number of carbonyl (C=O) groups excluding carboxylic acids is 1. The molecular formula is C14H11Br2NO2. The molecule has 2 aromatic carbocycles. The van der Waals surface area contributed by atoms with Crippen LogP contribution in [-0.4, -0.2) is 13.0 Å². The normalized spacial score (nSPS) is 10.1. The van der Waals surface area contributed by atoms with Gasteiger partial charge in [-0.3, -0.25) is 4.79 Å². The summed E-state index contributed by atoms with van der Waals surface area (Å²) in [6.07, 6.45) is 0. The Morgan fingerprint density at radius 3 is 2.37 bits per heavy atom. The number of methoxy groups -OCH3 is 1. The summed E-state index contributed by atoms with van der Waals surface area (Å²) >= 11 is 6.71. The molecule has 5 heteroatoms. The molecule has 2 aromatic rings. The number of anilines is 1. The van der Waals surface area contributed by atoms with Crippen LogP contribution in [0.3, 0.4) is 0 Å². The van der Waals surface area contributed by atoms with E-state index in [0.29, 0.717) is 17.0 Å². The number of hydrogen-bond acceptors (Lipinski definition) is 2. The first-order valence-electron chi connectivity index (χ1n) is 5.50. The molecule has 0 bridgehead atoms. The van der Waals surface area contributed by atoms with Crippen LogP contribution in [0.5, 0.6) is 5.75 Å². The number of hydrogen-bond donors (Lipinski definition) is 1. The molecule has 1 amide bonds. The monoisotopic (exact) mass is 383 g/mol. The van der Waals surface area contributed by atoms with Gasteiger partial charge in [-0.1, -0.05) is 31.9 Å². The third-order valence-electron chi connectivity index (χ3n) is 2.47. The van der Waals surface area contributed by atoms with E-state index in [1.165, 1.54) is 0 Å². The average molecular weight is 385 g/mol. The van der Waals surface area contributed by atoms with E-state index in [9.17, 15) is 4.79 Å². The highest BCUT2D eigenvalue weighted by Crippen LogP contribution is 2.25. The van der Waals surface area contributed by atoms with E-state index in [-0.39, 0.29) is 5.91 Å². The molecule has 1 N–H and O–H groups in total. The summed E-state index contributed by atoms with van der Waals surface area (Å²) < 4.78 is 6.93. The standard InChI is InChI=1S/C14H11Br2NO2/c1-19-13-7-11(16)6-12(8-13)17-14(18)9-2-4-10(15)5-3-9/h2-8H,1H3,(H,17,18). The maximum Gasteiger partial charge on any atom is 0.255 e. The Hall–Kier alpha value is -1.33. The highest BCUT2D eigenvalue weighted by atomic mass is 79.9. The van der Waals surface area contributed by atoms with E-state index in [0.717, 1.165) is 8.95 Å². The van der Waals surface area contributed by atoms with E-state index < -0.39 is 0 Å². The molecule has 0 radical (unpaired) electrons. The van der Waals surface area contributed by atoms with Crippen molar-refractivity contribution in [1.29, 1.82) is 0 Å². The van der Waals surface area contributed by atoms with Crippen molar-refractivity contribution >= 4 is 43.5 Å². The van der Waals surface area contributed by atoms with Gasteiger partial charge in [0.25, 0.3) is 5.91 Å². The first-order chi connectivity index (χ1) is 9.08. The molecule has 0 aromatic heterocycles. The summed E-state index contributed by atoms with van der Waals surface area (Å²) in [5.41, 5.74) is 1.28. The molecule has 0 spiro atoms. The molecule has 0 aliphatic rings. The van der Waals surface area contributed by atoms with Crippen LogP contribution in [0.25, 0.3) is 0 Å². The van der Waals surface area contributed by atoms with Crippen LogP contribution in [0.2, 0.25) is 0 Å². The van der Waals surface area contributed by atoms with Crippen molar-refractivity contribution in [2.24, 2.45) is 0 Å². The maximum atomic E-state index is 12.1. The average Bonchev–Trinajstić information content (AvgIpc) is 2.38. The second-order valence-electron chi connectivity index (χ2n) is 3.84. The van der Waals surface area contributed by atoms with Crippen LogP contribution < -0.4 is 10.1 Å². The van der Waals surface area contributed by atoms with E-state index in [2.05, 4.69) is 37.2 Å². The fourth-order valence-corrected chi connectivity index (χ4v) is 2.29. The van der Waals surface area contributed by atoms with Crippen molar-refractivity contribution in [2.75, 3.05) is 12.4 Å². The molecule has 0 aliphatic carbocycles. The molecular weight excluding hydrogens is 374 g/mol. The summed E-state index contributed by atoms with van der Waals surface area (Å²) in [6, 6.07) is 12.6. The highest BCUT2D eigenvalue weighted by Gasteiger charge is 2.07. The molecule has 98 valence electrons. The molecule has 0 saturated heterocycles. The lowest BCUT2D eigenvalue weighted by Gasteiger charge is -2.08. The van der Waals surface area contributed by atoms with Crippen molar-refractivity contribution in [3.63, 3.8) is 0 Å². The van der Waals surface area contributed by atoms with Gasteiger partial charge >= 0.3 is 0 Å². The molecule has 3 nitrogen and oxygen atoms in total. The lowest BCUT2D eigenvalue weighted by molar-refractivity contribution is 0.102. The Bertz CT molecular complexity index is 597. The van der Waals surface area contributed by atoms with Crippen LogP contribution in [0.1, 0.15) is 10.4 Å². The SMILES string of the molecule is COc1cc(Br)cc(NC(=O)c2ccc(Br)cc2)c1. The Morgan fingerprint density at radius 1 is 1.05 bits per heavy atom. The van der Waals surface area contributed by atoms with E-state index in [4.69, 9.17) is 4.74 Å². The van der Waals surface area contributed by atoms with Crippen molar-refractivity contribution in [3.05, 3.63) is 57.0 Å². The molecule has 0 aliphatic heterocycles. The third kappa shape index (κ3) is 3.81. The molecule has 0 heterocycles. The largest absolute Gasteiger partial charge is 0.497 e. The van der Waals surface area contributed by atoms with E-state index >= 15 is 0 Å². The van der Waals surface area contributed by atoms with Crippen LogP contribution in [0.15, 0.2) is 51.4 Å². The zero-order valence-corrected chi connectivity index (χ0v) is 13.3. The minimum atomic E-state index is -0.160. The number of halogens is 2. The smallest absolute Gasteiger partial charge is 0.255 e. The second kappa shape index (κ2) is 6.21. The van der Waals surface area contributed by atoms with Crippen molar-refractivity contribution in [2.45, 2.75) is 0 Å². The zero-order chi connectivity index (χ0) is 13.8. The minimum Gasteiger partial charge on any atom is -0.497 e. The van der Waals surface area contributed by atoms with Gasteiger partial charge in [0.05, 0.1) is 7.11 Å². The number of rotatable bonds is 3. The van der Waals surface area contributed by atoms with E-state index in [1.54, 1.807) is 25.3 Å². The Morgan fingerprint density at radius 2 is 1.74 bits per heavy atom. The number of carbonyl (C=O) groups is 1. The first kappa shape index (κ1) is 14.1. The molecule has 0 saturated carbocycles. The number of nitrogens with one attached hydrogen (secondary N) is 1. The van der Waals surface area contributed by atoms with Gasteiger partial charge in [-0.2, -0.15) is 0 Å². The summed E-state index contributed by atoms with van der Waals surface area (Å²) in [6.45, 7) is 0. The fourth-order valence-electron chi connectivity index (χ4n) is 1.56. The van der Waals surface area contributed by atoms with Crippen LogP contribution in [-0.2, 0) is 0 Å². The highest BCUT2D eigenvalue weighted by molar-refractivity contribution is 9.10. The summed E-state index contributed by atoms with van der Waals surface area (Å²) in [5.74, 6) is 0.521. The quantitative estimate of drug-likeness (QED) is 0.847. The minimum absolute atomic E-state index is 0.160. The predicted molar refractivity (Wildman–Crippen MR) is 82.8 cm³/mol. The predicted octanol–water partition coefficient (Wildman–Crippen LogP) is 4.47.